The van der Waals surface area contributed by atoms with E-state index in [0.29, 0.717) is 0 Å². The highest BCUT2D eigenvalue weighted by Gasteiger charge is 2.27. The first kappa shape index (κ1) is 17.9. The molecule has 0 radical (unpaired) electrons. The summed E-state index contributed by atoms with van der Waals surface area (Å²) >= 11 is 0. The molecule has 1 unspecified atom stereocenters. The summed E-state index contributed by atoms with van der Waals surface area (Å²) < 4.78 is 29.0. The number of amides is 1. The van der Waals surface area contributed by atoms with Crippen molar-refractivity contribution in [2.45, 2.75) is 44.8 Å². The highest BCUT2D eigenvalue weighted by atomic mass is 32.2. The molecule has 128 valence electrons. The Hall–Kier alpha value is -1.40. The van der Waals surface area contributed by atoms with Gasteiger partial charge in [-0.15, -0.1) is 0 Å². The molecule has 1 N–H and O–H groups in total. The summed E-state index contributed by atoms with van der Waals surface area (Å²) in [6, 6.07) is 9.36. The molecule has 0 aliphatic heterocycles. The van der Waals surface area contributed by atoms with Crippen LogP contribution in [0.15, 0.2) is 30.3 Å². The molecule has 1 aromatic rings. The van der Waals surface area contributed by atoms with E-state index in [1.165, 1.54) is 0 Å². The van der Waals surface area contributed by atoms with Crippen LogP contribution >= 0.6 is 0 Å². The van der Waals surface area contributed by atoms with Crippen LogP contribution in [0.4, 0.5) is 0 Å². The van der Waals surface area contributed by atoms with E-state index in [4.69, 9.17) is 4.74 Å². The molecule has 23 heavy (non-hydrogen) atoms. The van der Waals surface area contributed by atoms with Gasteiger partial charge in [0.05, 0.1) is 11.9 Å². The molecule has 0 bridgehead atoms. The Morgan fingerprint density at radius 2 is 1.91 bits per heavy atom. The van der Waals surface area contributed by atoms with Gasteiger partial charge in [0, 0.05) is 12.3 Å². The Morgan fingerprint density at radius 3 is 2.52 bits per heavy atom. The fourth-order valence-electron chi connectivity index (χ4n) is 2.70. The lowest BCUT2D eigenvalue weighted by Gasteiger charge is -2.22. The van der Waals surface area contributed by atoms with Crippen LogP contribution in [0.5, 0.6) is 0 Å². The normalized spacial score (nSPS) is 17.1. The first-order chi connectivity index (χ1) is 11.0. The molecule has 1 fully saturated rings. The molecule has 1 atom stereocenters. The molecule has 6 heteroatoms. The first-order valence-electron chi connectivity index (χ1n) is 8.20. The highest BCUT2D eigenvalue weighted by Crippen LogP contribution is 2.28. The summed E-state index contributed by atoms with van der Waals surface area (Å²) in [7, 11) is -3.08. The fraction of sp³-hybridized carbons (Fsp3) is 0.588. The number of carbonyl (C=O) groups excluding carboxylic acids is 1. The van der Waals surface area contributed by atoms with Gasteiger partial charge in [0.15, 0.2) is 15.9 Å². The average molecular weight is 339 g/mol. The zero-order valence-electron chi connectivity index (χ0n) is 13.5. The Labute approximate surface area is 138 Å². The van der Waals surface area contributed by atoms with Crippen molar-refractivity contribution in [3.05, 3.63) is 35.9 Å². The quantitative estimate of drug-likeness (QED) is 0.788. The lowest BCUT2D eigenvalue weighted by atomic mass is 10.1. The molecule has 1 aliphatic rings. The maximum absolute atomic E-state index is 12.5. The van der Waals surface area contributed by atoms with Crippen LogP contribution in [0.2, 0.25) is 0 Å². The SMILES string of the molecule is CCS(=O)(=O)CCNC(=O)C(OC1CCCC1)c1ccccc1. The number of rotatable bonds is 8. The van der Waals surface area contributed by atoms with E-state index in [9.17, 15) is 13.2 Å². The van der Waals surface area contributed by atoms with E-state index in [1.807, 2.05) is 30.3 Å². The largest absolute Gasteiger partial charge is 0.360 e. The molecule has 1 amide bonds. The smallest absolute Gasteiger partial charge is 0.253 e. The molecule has 5 nitrogen and oxygen atoms in total. The molecule has 0 aromatic heterocycles. The van der Waals surface area contributed by atoms with Crippen LogP contribution in [-0.4, -0.2) is 38.5 Å². The Kier molecular flexibility index (Phi) is 6.59. The summed E-state index contributed by atoms with van der Waals surface area (Å²) in [4.78, 5) is 12.5. The van der Waals surface area contributed by atoms with Crippen molar-refractivity contribution in [2.24, 2.45) is 0 Å². The van der Waals surface area contributed by atoms with Gasteiger partial charge in [0.25, 0.3) is 5.91 Å². The zero-order valence-corrected chi connectivity index (χ0v) is 14.3. The van der Waals surface area contributed by atoms with E-state index in [1.54, 1.807) is 6.92 Å². The molecular formula is C17H25NO4S. The molecule has 1 saturated carbocycles. The van der Waals surface area contributed by atoms with E-state index < -0.39 is 15.9 Å². The maximum atomic E-state index is 12.5. The zero-order chi connectivity index (χ0) is 16.7. The van der Waals surface area contributed by atoms with E-state index in [0.717, 1.165) is 31.2 Å². The number of hydrogen-bond donors (Lipinski definition) is 1. The lowest BCUT2D eigenvalue weighted by Crippen LogP contribution is -2.35. The molecule has 1 aliphatic carbocycles. The van der Waals surface area contributed by atoms with Gasteiger partial charge in [0.1, 0.15) is 0 Å². The maximum Gasteiger partial charge on any atom is 0.253 e. The second-order valence-electron chi connectivity index (χ2n) is 5.86. The standard InChI is InChI=1S/C17H25NO4S/c1-2-23(20,21)13-12-18-17(19)16(14-8-4-3-5-9-14)22-15-10-6-7-11-15/h3-5,8-9,15-16H,2,6-7,10-13H2,1H3,(H,18,19). The predicted molar refractivity (Wildman–Crippen MR) is 89.9 cm³/mol. The monoisotopic (exact) mass is 339 g/mol. The van der Waals surface area contributed by atoms with Gasteiger partial charge in [0.2, 0.25) is 0 Å². The molecule has 2 rings (SSSR count). The van der Waals surface area contributed by atoms with Crippen LogP contribution in [-0.2, 0) is 19.4 Å². The van der Waals surface area contributed by atoms with Crippen LogP contribution in [0.3, 0.4) is 0 Å². The second kappa shape index (κ2) is 8.45. The third-order valence-corrected chi connectivity index (χ3v) is 5.83. The van der Waals surface area contributed by atoms with Gasteiger partial charge in [-0.3, -0.25) is 4.79 Å². The molecule has 0 heterocycles. The molecule has 1 aromatic carbocycles. The number of hydrogen-bond acceptors (Lipinski definition) is 4. The van der Waals surface area contributed by atoms with Gasteiger partial charge in [-0.2, -0.15) is 0 Å². The number of sulfone groups is 1. The van der Waals surface area contributed by atoms with Crippen LogP contribution in [0.1, 0.15) is 44.3 Å². The van der Waals surface area contributed by atoms with Crippen molar-refractivity contribution in [3.8, 4) is 0 Å². The lowest BCUT2D eigenvalue weighted by molar-refractivity contribution is -0.137. The van der Waals surface area contributed by atoms with Gasteiger partial charge >= 0.3 is 0 Å². The number of nitrogens with one attached hydrogen (secondary N) is 1. The minimum Gasteiger partial charge on any atom is -0.360 e. The molecule has 0 spiro atoms. The summed E-state index contributed by atoms with van der Waals surface area (Å²) in [5, 5.41) is 2.70. The van der Waals surface area contributed by atoms with Gasteiger partial charge in [-0.25, -0.2) is 8.42 Å². The van der Waals surface area contributed by atoms with E-state index >= 15 is 0 Å². The van der Waals surface area contributed by atoms with Crippen molar-refractivity contribution in [1.82, 2.24) is 5.32 Å². The van der Waals surface area contributed by atoms with Crippen molar-refractivity contribution in [1.29, 1.82) is 0 Å². The molecular weight excluding hydrogens is 314 g/mol. The minimum absolute atomic E-state index is 0.0415. The topological polar surface area (TPSA) is 72.5 Å². The summed E-state index contributed by atoms with van der Waals surface area (Å²) in [5.74, 6) is -0.224. The Bertz CT molecular complexity index is 594. The summed E-state index contributed by atoms with van der Waals surface area (Å²) in [6.07, 6.45) is 3.63. The third kappa shape index (κ3) is 5.62. The van der Waals surface area contributed by atoms with Crippen molar-refractivity contribution in [3.63, 3.8) is 0 Å². The first-order valence-corrected chi connectivity index (χ1v) is 10.0. The summed E-state index contributed by atoms with van der Waals surface area (Å²) in [6.45, 7) is 1.72. The van der Waals surface area contributed by atoms with Crippen LogP contribution in [0.25, 0.3) is 0 Å². The number of benzene rings is 1. The number of carbonyl (C=O) groups is 1. The van der Waals surface area contributed by atoms with Gasteiger partial charge in [-0.05, 0) is 18.4 Å². The predicted octanol–water partition coefficient (Wildman–Crippen LogP) is 2.24. The van der Waals surface area contributed by atoms with Crippen LogP contribution < -0.4 is 5.32 Å². The minimum atomic E-state index is -3.08. The van der Waals surface area contributed by atoms with Gasteiger partial charge in [-0.1, -0.05) is 50.1 Å². The van der Waals surface area contributed by atoms with Crippen molar-refractivity contribution < 1.29 is 17.9 Å². The highest BCUT2D eigenvalue weighted by molar-refractivity contribution is 7.91. The van der Waals surface area contributed by atoms with Gasteiger partial charge < -0.3 is 10.1 Å². The molecule has 0 saturated heterocycles. The third-order valence-electron chi connectivity index (χ3n) is 4.12. The second-order valence-corrected chi connectivity index (χ2v) is 8.33. The Morgan fingerprint density at radius 1 is 1.26 bits per heavy atom. The van der Waals surface area contributed by atoms with Crippen molar-refractivity contribution in [2.75, 3.05) is 18.1 Å². The van der Waals surface area contributed by atoms with E-state index in [2.05, 4.69) is 5.32 Å². The van der Waals surface area contributed by atoms with Crippen LogP contribution in [0, 0.1) is 0 Å². The fourth-order valence-corrected chi connectivity index (χ4v) is 3.40. The summed E-state index contributed by atoms with van der Waals surface area (Å²) in [5.41, 5.74) is 0.801. The van der Waals surface area contributed by atoms with Crippen molar-refractivity contribution >= 4 is 15.7 Å². The van der Waals surface area contributed by atoms with E-state index in [-0.39, 0.29) is 30.1 Å². The Balaban J connectivity index is 1.99. The average Bonchev–Trinajstić information content (AvgIpc) is 3.06. The number of ether oxygens (including phenoxy) is 1.